The Hall–Kier alpha value is -0.350. The van der Waals surface area contributed by atoms with Crippen molar-refractivity contribution < 1.29 is 8.42 Å². The molecule has 1 rings (SSSR count). The quantitative estimate of drug-likeness (QED) is 0.714. The second-order valence-electron chi connectivity index (χ2n) is 2.53. The minimum absolute atomic E-state index is 0.318. The van der Waals surface area contributed by atoms with Crippen LogP contribution in [0.1, 0.15) is 13.8 Å². The van der Waals surface area contributed by atoms with E-state index in [2.05, 4.69) is 0 Å². The van der Waals surface area contributed by atoms with Gasteiger partial charge in [0.2, 0.25) is 0 Å². The van der Waals surface area contributed by atoms with Crippen molar-refractivity contribution in [1.82, 2.24) is 0 Å². The zero-order valence-corrected chi connectivity index (χ0v) is 8.08. The van der Waals surface area contributed by atoms with E-state index >= 15 is 0 Å². The lowest BCUT2D eigenvalue weighted by molar-refractivity contribution is 0.589. The van der Waals surface area contributed by atoms with E-state index in [0.29, 0.717) is 4.21 Å². The standard InChI is InChI=1S/C7H10O2S2/c1-6(2)11(8,9)7-4-3-5-10-7/h3-6H,1-2H3. The van der Waals surface area contributed by atoms with Crippen molar-refractivity contribution in [2.24, 2.45) is 0 Å². The Bertz CT molecular complexity index is 308. The largest absolute Gasteiger partial charge is 0.223 e. The molecule has 0 radical (unpaired) electrons. The topological polar surface area (TPSA) is 34.1 Å². The molecule has 0 spiro atoms. The summed E-state index contributed by atoms with van der Waals surface area (Å²) in [5.74, 6) is 0. The Kier molecular flexibility index (Phi) is 2.34. The third kappa shape index (κ3) is 1.62. The summed E-state index contributed by atoms with van der Waals surface area (Å²) in [6, 6.07) is 3.39. The van der Waals surface area contributed by atoms with Gasteiger partial charge < -0.3 is 0 Å². The molecule has 0 saturated heterocycles. The molecular weight excluding hydrogens is 180 g/mol. The molecule has 0 aromatic carbocycles. The van der Waals surface area contributed by atoms with Gasteiger partial charge in [-0.15, -0.1) is 11.3 Å². The van der Waals surface area contributed by atoms with Crippen LogP contribution in [0.5, 0.6) is 0 Å². The molecule has 0 unspecified atom stereocenters. The first kappa shape index (κ1) is 8.74. The first-order valence-corrected chi connectivity index (χ1v) is 5.75. The first-order valence-electron chi connectivity index (χ1n) is 3.32. The molecule has 4 heteroatoms. The molecule has 0 bridgehead atoms. The lowest BCUT2D eigenvalue weighted by Crippen LogP contribution is -2.12. The average molecular weight is 190 g/mol. The van der Waals surface area contributed by atoms with Crippen LogP contribution >= 0.6 is 11.3 Å². The third-order valence-corrected chi connectivity index (χ3v) is 4.98. The van der Waals surface area contributed by atoms with Gasteiger partial charge in [-0.3, -0.25) is 0 Å². The van der Waals surface area contributed by atoms with E-state index in [4.69, 9.17) is 0 Å². The van der Waals surface area contributed by atoms with Gasteiger partial charge in [0, 0.05) is 0 Å². The van der Waals surface area contributed by atoms with Gasteiger partial charge in [-0.1, -0.05) is 6.07 Å². The molecule has 0 saturated carbocycles. The van der Waals surface area contributed by atoms with Crippen molar-refractivity contribution in [2.75, 3.05) is 0 Å². The van der Waals surface area contributed by atoms with Gasteiger partial charge in [0.25, 0.3) is 0 Å². The molecule has 1 heterocycles. The number of sulfone groups is 1. The maximum absolute atomic E-state index is 11.4. The van der Waals surface area contributed by atoms with E-state index in [-0.39, 0.29) is 5.25 Å². The Labute approximate surface area is 70.8 Å². The summed E-state index contributed by atoms with van der Waals surface area (Å²) in [6.07, 6.45) is 0. The summed E-state index contributed by atoms with van der Waals surface area (Å²) in [5.41, 5.74) is 0. The van der Waals surface area contributed by atoms with Gasteiger partial charge in [0.05, 0.1) is 5.25 Å². The SMILES string of the molecule is CC(C)S(=O)(=O)c1cccs1. The highest BCUT2D eigenvalue weighted by Crippen LogP contribution is 2.20. The first-order chi connectivity index (χ1) is 5.05. The van der Waals surface area contributed by atoms with E-state index in [1.807, 2.05) is 0 Å². The third-order valence-electron chi connectivity index (χ3n) is 1.40. The van der Waals surface area contributed by atoms with Crippen LogP contribution in [0.15, 0.2) is 21.7 Å². The minimum Gasteiger partial charge on any atom is -0.223 e. The van der Waals surface area contributed by atoms with Crippen molar-refractivity contribution >= 4 is 21.2 Å². The van der Waals surface area contributed by atoms with Crippen LogP contribution < -0.4 is 0 Å². The van der Waals surface area contributed by atoms with Gasteiger partial charge >= 0.3 is 0 Å². The summed E-state index contributed by atoms with van der Waals surface area (Å²) in [4.78, 5) is 0. The van der Waals surface area contributed by atoms with Crippen LogP contribution in [0.4, 0.5) is 0 Å². The molecule has 0 N–H and O–H groups in total. The maximum atomic E-state index is 11.4. The van der Waals surface area contributed by atoms with Gasteiger partial charge in [-0.05, 0) is 25.3 Å². The fraction of sp³-hybridized carbons (Fsp3) is 0.429. The summed E-state index contributed by atoms with van der Waals surface area (Å²) in [6.45, 7) is 3.38. The molecule has 0 amide bonds. The molecule has 0 fully saturated rings. The molecule has 62 valence electrons. The van der Waals surface area contributed by atoms with Crippen LogP contribution in [-0.2, 0) is 9.84 Å². The van der Waals surface area contributed by atoms with Gasteiger partial charge in [-0.2, -0.15) is 0 Å². The zero-order chi connectivity index (χ0) is 8.48. The van der Waals surface area contributed by atoms with Crippen molar-refractivity contribution in [3.63, 3.8) is 0 Å². The van der Waals surface area contributed by atoms with E-state index in [0.717, 1.165) is 0 Å². The average Bonchev–Trinajstić information content (AvgIpc) is 2.37. The number of rotatable bonds is 2. The molecule has 0 atom stereocenters. The molecule has 0 aliphatic rings. The Morgan fingerprint density at radius 1 is 1.45 bits per heavy atom. The number of hydrogen-bond donors (Lipinski definition) is 0. The summed E-state index contributed by atoms with van der Waals surface area (Å²) < 4.78 is 23.3. The highest BCUT2D eigenvalue weighted by atomic mass is 32.2. The van der Waals surface area contributed by atoms with Gasteiger partial charge in [-0.25, -0.2) is 8.42 Å². The number of hydrogen-bond acceptors (Lipinski definition) is 3. The van der Waals surface area contributed by atoms with Crippen LogP contribution in [0.3, 0.4) is 0 Å². The molecule has 2 nitrogen and oxygen atoms in total. The van der Waals surface area contributed by atoms with Crippen molar-refractivity contribution in [3.05, 3.63) is 17.5 Å². The highest BCUT2D eigenvalue weighted by molar-refractivity contribution is 7.94. The van der Waals surface area contributed by atoms with Crippen LogP contribution in [-0.4, -0.2) is 13.7 Å². The monoisotopic (exact) mass is 190 g/mol. The zero-order valence-electron chi connectivity index (χ0n) is 6.44. The second kappa shape index (κ2) is 2.95. The Morgan fingerprint density at radius 3 is 2.45 bits per heavy atom. The molecule has 0 aliphatic carbocycles. The van der Waals surface area contributed by atoms with E-state index < -0.39 is 9.84 Å². The fourth-order valence-electron chi connectivity index (χ4n) is 0.658. The highest BCUT2D eigenvalue weighted by Gasteiger charge is 2.19. The summed E-state index contributed by atoms with van der Waals surface area (Å²) in [7, 11) is -3.02. The van der Waals surface area contributed by atoms with Crippen molar-refractivity contribution in [1.29, 1.82) is 0 Å². The van der Waals surface area contributed by atoms with E-state index in [9.17, 15) is 8.42 Å². The lowest BCUT2D eigenvalue weighted by atomic mass is 10.6. The van der Waals surface area contributed by atoms with Gasteiger partial charge in [0.1, 0.15) is 4.21 Å². The number of thiophene rings is 1. The summed E-state index contributed by atoms with van der Waals surface area (Å²) in [5, 5.41) is 1.45. The smallest absolute Gasteiger partial charge is 0.190 e. The summed E-state index contributed by atoms with van der Waals surface area (Å²) >= 11 is 1.27. The molecular formula is C7H10O2S2. The molecule has 1 aromatic rings. The molecule has 1 aromatic heterocycles. The molecule has 11 heavy (non-hydrogen) atoms. The van der Waals surface area contributed by atoms with Crippen molar-refractivity contribution in [3.8, 4) is 0 Å². The van der Waals surface area contributed by atoms with Crippen molar-refractivity contribution in [2.45, 2.75) is 23.3 Å². The predicted molar refractivity (Wildman–Crippen MR) is 46.6 cm³/mol. The second-order valence-corrected chi connectivity index (χ2v) is 6.20. The maximum Gasteiger partial charge on any atom is 0.190 e. The van der Waals surface area contributed by atoms with E-state index in [1.165, 1.54) is 11.3 Å². The Morgan fingerprint density at radius 2 is 2.09 bits per heavy atom. The van der Waals surface area contributed by atoms with Crippen LogP contribution in [0, 0.1) is 0 Å². The van der Waals surface area contributed by atoms with Gasteiger partial charge in [0.15, 0.2) is 9.84 Å². The van der Waals surface area contributed by atoms with Crippen LogP contribution in [0.25, 0.3) is 0 Å². The predicted octanol–water partition coefficient (Wildman–Crippen LogP) is 1.93. The minimum atomic E-state index is -3.02. The normalized spacial score (nSPS) is 12.3. The fourth-order valence-corrected chi connectivity index (χ4v) is 3.12. The molecule has 0 aliphatic heterocycles. The Balaban J connectivity index is 3.12. The van der Waals surface area contributed by atoms with E-state index in [1.54, 1.807) is 31.4 Å². The van der Waals surface area contributed by atoms with Crippen LogP contribution in [0.2, 0.25) is 0 Å². The lowest BCUT2D eigenvalue weighted by Gasteiger charge is -2.03.